The summed E-state index contributed by atoms with van der Waals surface area (Å²) in [7, 11) is -3.82. The summed E-state index contributed by atoms with van der Waals surface area (Å²) in [6.07, 6.45) is 1.41. The molecule has 8 heteroatoms. The zero-order chi connectivity index (χ0) is 30.2. The van der Waals surface area contributed by atoms with E-state index in [1.165, 1.54) is 9.21 Å². The van der Waals surface area contributed by atoms with Crippen LogP contribution in [0.4, 0.5) is 5.69 Å². The van der Waals surface area contributed by atoms with Crippen LogP contribution in [0.25, 0.3) is 0 Å². The van der Waals surface area contributed by atoms with Gasteiger partial charge in [0.05, 0.1) is 11.9 Å². The number of amides is 2. The van der Waals surface area contributed by atoms with Crippen molar-refractivity contribution in [2.75, 3.05) is 23.7 Å². The number of para-hydroxylation sites is 1. The zero-order valence-electron chi connectivity index (χ0n) is 25.0. The highest BCUT2D eigenvalue weighted by Crippen LogP contribution is 2.29. The third-order valence-electron chi connectivity index (χ3n) is 6.90. The van der Waals surface area contributed by atoms with Crippen molar-refractivity contribution in [1.82, 2.24) is 10.2 Å². The average molecular weight is 578 g/mol. The number of nitrogens with zero attached hydrogens (tertiary/aromatic N) is 2. The minimum Gasteiger partial charge on any atom is -0.354 e. The number of anilines is 1. The molecule has 0 aliphatic rings. The molecule has 0 heterocycles. The smallest absolute Gasteiger partial charge is 0.244 e. The summed E-state index contributed by atoms with van der Waals surface area (Å²) in [5.41, 5.74) is 4.09. The molecular formula is C33H43N3O4S. The van der Waals surface area contributed by atoms with E-state index in [-0.39, 0.29) is 24.3 Å². The monoisotopic (exact) mass is 577 g/mol. The van der Waals surface area contributed by atoms with Gasteiger partial charge in [0.25, 0.3) is 0 Å². The molecule has 3 aromatic carbocycles. The highest BCUT2D eigenvalue weighted by molar-refractivity contribution is 7.92. The Morgan fingerprint density at radius 3 is 2.10 bits per heavy atom. The molecule has 3 rings (SSSR count). The fourth-order valence-electron chi connectivity index (χ4n) is 4.78. The normalized spacial score (nSPS) is 12.3. The van der Waals surface area contributed by atoms with E-state index in [1.54, 1.807) is 12.1 Å². The second-order valence-corrected chi connectivity index (χ2v) is 13.2. The quantitative estimate of drug-likeness (QED) is 0.299. The van der Waals surface area contributed by atoms with Crippen LogP contribution in [0.15, 0.2) is 78.9 Å². The lowest BCUT2D eigenvalue weighted by Crippen LogP contribution is -2.53. The molecule has 0 bridgehead atoms. The van der Waals surface area contributed by atoms with Crippen molar-refractivity contribution in [2.24, 2.45) is 5.92 Å². The highest BCUT2D eigenvalue weighted by Gasteiger charge is 2.33. The first-order valence-corrected chi connectivity index (χ1v) is 15.9. The van der Waals surface area contributed by atoms with E-state index in [4.69, 9.17) is 0 Å². The lowest BCUT2D eigenvalue weighted by molar-refractivity contribution is -0.140. The first-order valence-electron chi connectivity index (χ1n) is 14.1. The van der Waals surface area contributed by atoms with Crippen molar-refractivity contribution in [3.8, 4) is 0 Å². The number of carbonyl (C=O) groups is 2. The lowest BCUT2D eigenvalue weighted by atomic mass is 10.0. The van der Waals surface area contributed by atoms with Crippen LogP contribution in [0, 0.1) is 12.8 Å². The second-order valence-electron chi connectivity index (χ2n) is 11.3. The molecule has 0 saturated carbocycles. The maximum atomic E-state index is 14.3. The van der Waals surface area contributed by atoms with Gasteiger partial charge in [0.1, 0.15) is 12.6 Å². The van der Waals surface area contributed by atoms with Crippen LogP contribution in [0.5, 0.6) is 0 Å². The van der Waals surface area contributed by atoms with Crippen LogP contribution >= 0.6 is 0 Å². The molecule has 0 saturated heterocycles. The molecule has 7 nitrogen and oxygen atoms in total. The van der Waals surface area contributed by atoms with Crippen molar-refractivity contribution in [3.63, 3.8) is 0 Å². The summed E-state index contributed by atoms with van der Waals surface area (Å²) >= 11 is 0. The average Bonchev–Trinajstić information content (AvgIpc) is 2.92. The van der Waals surface area contributed by atoms with Gasteiger partial charge < -0.3 is 10.2 Å². The number of rotatable bonds is 13. The number of nitrogens with one attached hydrogen (secondary N) is 1. The first-order chi connectivity index (χ1) is 19.4. The van der Waals surface area contributed by atoms with Gasteiger partial charge >= 0.3 is 0 Å². The van der Waals surface area contributed by atoms with Gasteiger partial charge in [-0.1, -0.05) is 106 Å². The van der Waals surface area contributed by atoms with Crippen molar-refractivity contribution in [2.45, 2.75) is 59.5 Å². The highest BCUT2D eigenvalue weighted by atomic mass is 32.2. The predicted octanol–water partition coefficient (Wildman–Crippen LogP) is 5.30. The summed E-state index contributed by atoms with van der Waals surface area (Å²) in [5, 5.41) is 3.01. The Labute approximate surface area is 245 Å². The largest absolute Gasteiger partial charge is 0.354 e. The molecule has 0 fully saturated rings. The number of aryl methyl sites for hydroxylation is 1. The molecule has 1 N–H and O–H groups in total. The van der Waals surface area contributed by atoms with Crippen LogP contribution in [0.1, 0.15) is 55.9 Å². The molecule has 0 aromatic heterocycles. The predicted molar refractivity (Wildman–Crippen MR) is 166 cm³/mol. The van der Waals surface area contributed by atoms with E-state index in [0.29, 0.717) is 18.7 Å². The Hall–Kier alpha value is -3.65. The van der Waals surface area contributed by atoms with Gasteiger partial charge in [0.2, 0.25) is 21.8 Å². The van der Waals surface area contributed by atoms with Crippen molar-refractivity contribution < 1.29 is 18.0 Å². The van der Waals surface area contributed by atoms with Crippen LogP contribution in [0.3, 0.4) is 0 Å². The van der Waals surface area contributed by atoms with Crippen molar-refractivity contribution in [1.29, 1.82) is 0 Å². The number of hydrogen-bond donors (Lipinski definition) is 1. The molecule has 0 aliphatic carbocycles. The molecule has 0 radical (unpaired) electrons. The fourth-order valence-corrected chi connectivity index (χ4v) is 5.65. The van der Waals surface area contributed by atoms with Crippen LogP contribution in [-0.2, 0) is 32.6 Å². The lowest BCUT2D eigenvalue weighted by Gasteiger charge is -2.34. The van der Waals surface area contributed by atoms with E-state index in [9.17, 15) is 18.0 Å². The number of carbonyl (C=O) groups excluding carboxylic acids is 2. The molecule has 1 unspecified atom stereocenters. The Morgan fingerprint density at radius 1 is 0.854 bits per heavy atom. The Morgan fingerprint density at radius 2 is 1.49 bits per heavy atom. The van der Waals surface area contributed by atoms with Gasteiger partial charge in [-0.05, 0) is 41.5 Å². The Bertz CT molecular complexity index is 1420. The minimum absolute atomic E-state index is 0.0431. The first kappa shape index (κ1) is 31.9. The zero-order valence-corrected chi connectivity index (χ0v) is 25.8. The molecule has 1 atom stereocenters. The number of benzene rings is 3. The molecule has 3 aromatic rings. The molecular weight excluding hydrogens is 534 g/mol. The standard InChI is InChI=1S/C33H43N3O4S/c1-24(2)21-34-33(38)31(20-27-14-8-7-9-15-27)35(22-28-16-12-13-26(5)19-28)32(37)23-36(41(6,39)40)30-18-11-10-17-29(30)25(3)4/h7-19,24-25,31H,20-23H2,1-6H3,(H,34,38). The summed E-state index contributed by atoms with van der Waals surface area (Å²) < 4.78 is 27.4. The second kappa shape index (κ2) is 14.3. The minimum atomic E-state index is -3.82. The van der Waals surface area contributed by atoms with Gasteiger partial charge in [-0.2, -0.15) is 0 Å². The van der Waals surface area contributed by atoms with E-state index >= 15 is 0 Å². The van der Waals surface area contributed by atoms with E-state index < -0.39 is 28.5 Å². The van der Waals surface area contributed by atoms with Gasteiger partial charge in [-0.15, -0.1) is 0 Å². The van der Waals surface area contributed by atoms with E-state index in [0.717, 1.165) is 28.5 Å². The number of sulfonamides is 1. The SMILES string of the molecule is Cc1cccc(CN(C(=O)CN(c2ccccc2C(C)C)S(C)(=O)=O)C(Cc2ccccc2)C(=O)NCC(C)C)c1. The molecule has 2 amide bonds. The third-order valence-corrected chi connectivity index (χ3v) is 8.02. The topological polar surface area (TPSA) is 86.8 Å². The van der Waals surface area contributed by atoms with Crippen LogP contribution < -0.4 is 9.62 Å². The summed E-state index contributed by atoms with van der Waals surface area (Å²) in [6, 6.07) is 23.8. The third kappa shape index (κ3) is 9.18. The van der Waals surface area contributed by atoms with Gasteiger partial charge in [0, 0.05) is 19.5 Å². The van der Waals surface area contributed by atoms with Crippen LogP contribution in [0.2, 0.25) is 0 Å². The van der Waals surface area contributed by atoms with Crippen molar-refractivity contribution in [3.05, 3.63) is 101 Å². The molecule has 220 valence electrons. The summed E-state index contributed by atoms with van der Waals surface area (Å²) in [6.45, 7) is 10.2. The Kier molecular flexibility index (Phi) is 11.1. The van der Waals surface area contributed by atoms with E-state index in [2.05, 4.69) is 5.32 Å². The van der Waals surface area contributed by atoms with Gasteiger partial charge in [0.15, 0.2) is 0 Å². The number of hydrogen-bond acceptors (Lipinski definition) is 4. The van der Waals surface area contributed by atoms with Crippen LogP contribution in [-0.4, -0.2) is 50.5 Å². The molecule has 41 heavy (non-hydrogen) atoms. The maximum Gasteiger partial charge on any atom is 0.244 e. The van der Waals surface area contributed by atoms with E-state index in [1.807, 2.05) is 101 Å². The molecule has 0 spiro atoms. The van der Waals surface area contributed by atoms with Gasteiger partial charge in [-0.25, -0.2) is 8.42 Å². The Balaban J connectivity index is 2.09. The fraction of sp³-hybridized carbons (Fsp3) is 0.394. The summed E-state index contributed by atoms with van der Waals surface area (Å²) in [4.78, 5) is 29.5. The maximum absolute atomic E-state index is 14.3. The van der Waals surface area contributed by atoms with Crippen molar-refractivity contribution >= 4 is 27.5 Å². The summed E-state index contributed by atoms with van der Waals surface area (Å²) in [5.74, 6) is -0.444. The molecule has 0 aliphatic heterocycles. The van der Waals surface area contributed by atoms with Gasteiger partial charge in [-0.3, -0.25) is 13.9 Å².